The standard InChI is InChI=1S/C14H23N3O2S/c1-11-6-5-7-13(15)14(11)20(18,19)16-12(2)10-17-8-3-4-9-17/h5-7,12,16H,3-4,8-10,15H2,1-2H3. The Labute approximate surface area is 121 Å². The molecule has 2 rings (SSSR count). The number of likely N-dealkylation sites (tertiary alicyclic amines) is 1. The monoisotopic (exact) mass is 297 g/mol. The molecule has 0 saturated carbocycles. The Bertz CT molecular complexity index is 546. The Morgan fingerprint density at radius 1 is 1.35 bits per heavy atom. The van der Waals surface area contributed by atoms with Crippen molar-refractivity contribution in [3.8, 4) is 0 Å². The average molecular weight is 297 g/mol. The zero-order valence-corrected chi connectivity index (χ0v) is 12.9. The smallest absolute Gasteiger partial charge is 0.243 e. The van der Waals surface area contributed by atoms with E-state index in [1.807, 2.05) is 6.92 Å². The molecule has 1 aromatic rings. The van der Waals surface area contributed by atoms with Gasteiger partial charge in [-0.1, -0.05) is 12.1 Å². The normalized spacial score (nSPS) is 18.3. The number of anilines is 1. The maximum atomic E-state index is 12.4. The Hall–Kier alpha value is -1.11. The molecule has 0 aliphatic carbocycles. The molecule has 1 saturated heterocycles. The van der Waals surface area contributed by atoms with Gasteiger partial charge in [-0.2, -0.15) is 0 Å². The first kappa shape index (κ1) is 15.3. The fourth-order valence-electron chi connectivity index (χ4n) is 2.76. The number of nitrogens with zero attached hydrogens (tertiary/aromatic N) is 1. The molecule has 20 heavy (non-hydrogen) atoms. The third-order valence-electron chi connectivity index (χ3n) is 3.60. The lowest BCUT2D eigenvalue weighted by molar-refractivity contribution is 0.313. The molecule has 0 radical (unpaired) electrons. The van der Waals surface area contributed by atoms with E-state index in [9.17, 15) is 8.42 Å². The van der Waals surface area contributed by atoms with Gasteiger partial charge in [0.2, 0.25) is 10.0 Å². The maximum Gasteiger partial charge on any atom is 0.243 e. The molecule has 112 valence electrons. The van der Waals surface area contributed by atoms with Crippen LogP contribution in [0, 0.1) is 6.92 Å². The van der Waals surface area contributed by atoms with E-state index in [0.717, 1.165) is 19.6 Å². The predicted octanol–water partition coefficient (Wildman–Crippen LogP) is 1.34. The van der Waals surface area contributed by atoms with Crippen molar-refractivity contribution in [2.24, 2.45) is 0 Å². The molecule has 0 bridgehead atoms. The molecular weight excluding hydrogens is 274 g/mol. The molecule has 1 aliphatic heterocycles. The number of nitrogen functional groups attached to an aromatic ring is 1. The van der Waals surface area contributed by atoms with Crippen LogP contribution in [0.15, 0.2) is 23.1 Å². The number of nitrogens with one attached hydrogen (secondary N) is 1. The zero-order chi connectivity index (χ0) is 14.8. The summed E-state index contributed by atoms with van der Waals surface area (Å²) in [6.45, 7) is 6.50. The molecule has 0 spiro atoms. The van der Waals surface area contributed by atoms with Crippen LogP contribution in [0.2, 0.25) is 0 Å². The molecular formula is C14H23N3O2S. The Morgan fingerprint density at radius 3 is 2.60 bits per heavy atom. The van der Waals surface area contributed by atoms with Crippen molar-refractivity contribution in [2.75, 3.05) is 25.4 Å². The van der Waals surface area contributed by atoms with Crippen LogP contribution in [0.4, 0.5) is 5.69 Å². The lowest BCUT2D eigenvalue weighted by atomic mass is 10.2. The van der Waals surface area contributed by atoms with Crippen molar-refractivity contribution in [3.63, 3.8) is 0 Å². The Balaban J connectivity index is 2.10. The van der Waals surface area contributed by atoms with E-state index in [1.165, 1.54) is 12.8 Å². The molecule has 1 heterocycles. The maximum absolute atomic E-state index is 12.4. The average Bonchev–Trinajstić information content (AvgIpc) is 2.79. The molecule has 1 fully saturated rings. The van der Waals surface area contributed by atoms with Crippen LogP contribution in [0.25, 0.3) is 0 Å². The molecule has 1 aromatic carbocycles. The van der Waals surface area contributed by atoms with Crippen molar-refractivity contribution in [2.45, 2.75) is 37.6 Å². The quantitative estimate of drug-likeness (QED) is 0.804. The summed E-state index contributed by atoms with van der Waals surface area (Å²) in [4.78, 5) is 2.49. The van der Waals surface area contributed by atoms with Gasteiger partial charge in [-0.15, -0.1) is 0 Å². The van der Waals surface area contributed by atoms with Gasteiger partial charge in [0.15, 0.2) is 0 Å². The van der Waals surface area contributed by atoms with Gasteiger partial charge in [0.25, 0.3) is 0 Å². The zero-order valence-electron chi connectivity index (χ0n) is 12.1. The Morgan fingerprint density at radius 2 is 2.00 bits per heavy atom. The third-order valence-corrected chi connectivity index (χ3v) is 5.41. The summed E-state index contributed by atoms with van der Waals surface area (Å²) >= 11 is 0. The van der Waals surface area contributed by atoms with E-state index in [0.29, 0.717) is 11.3 Å². The largest absolute Gasteiger partial charge is 0.398 e. The number of benzene rings is 1. The van der Waals surface area contributed by atoms with Crippen molar-refractivity contribution in [3.05, 3.63) is 23.8 Å². The second kappa shape index (κ2) is 6.11. The summed E-state index contributed by atoms with van der Waals surface area (Å²) in [6, 6.07) is 5.01. The summed E-state index contributed by atoms with van der Waals surface area (Å²) in [6.07, 6.45) is 2.40. The minimum atomic E-state index is -3.56. The first-order chi connectivity index (χ1) is 9.40. The van der Waals surface area contributed by atoms with E-state index in [-0.39, 0.29) is 10.9 Å². The SMILES string of the molecule is Cc1cccc(N)c1S(=O)(=O)NC(C)CN1CCCC1. The number of aryl methyl sites for hydroxylation is 1. The van der Waals surface area contributed by atoms with Crippen LogP contribution in [-0.2, 0) is 10.0 Å². The minimum Gasteiger partial charge on any atom is -0.398 e. The van der Waals surface area contributed by atoms with Crippen LogP contribution in [0.3, 0.4) is 0 Å². The van der Waals surface area contributed by atoms with E-state index in [1.54, 1.807) is 25.1 Å². The van der Waals surface area contributed by atoms with E-state index in [2.05, 4.69) is 9.62 Å². The van der Waals surface area contributed by atoms with Crippen molar-refractivity contribution in [1.82, 2.24) is 9.62 Å². The van der Waals surface area contributed by atoms with E-state index in [4.69, 9.17) is 5.73 Å². The van der Waals surface area contributed by atoms with Crippen molar-refractivity contribution in [1.29, 1.82) is 0 Å². The van der Waals surface area contributed by atoms with Gasteiger partial charge in [-0.25, -0.2) is 13.1 Å². The lowest BCUT2D eigenvalue weighted by Crippen LogP contribution is -2.41. The molecule has 1 aliphatic rings. The van der Waals surface area contributed by atoms with Gasteiger partial charge in [-0.05, 0) is 51.4 Å². The second-order valence-corrected chi connectivity index (χ2v) is 7.17. The fraction of sp³-hybridized carbons (Fsp3) is 0.571. The van der Waals surface area contributed by atoms with Crippen LogP contribution in [-0.4, -0.2) is 39.0 Å². The first-order valence-electron chi connectivity index (χ1n) is 7.00. The minimum absolute atomic E-state index is 0.128. The first-order valence-corrected chi connectivity index (χ1v) is 8.48. The molecule has 3 N–H and O–H groups in total. The van der Waals surface area contributed by atoms with Crippen molar-refractivity contribution >= 4 is 15.7 Å². The third kappa shape index (κ3) is 3.50. The molecule has 0 amide bonds. The number of rotatable bonds is 5. The highest BCUT2D eigenvalue weighted by Gasteiger charge is 2.23. The number of nitrogens with two attached hydrogens (primary N) is 1. The molecule has 0 aromatic heterocycles. The second-order valence-electron chi connectivity index (χ2n) is 5.52. The summed E-state index contributed by atoms with van der Waals surface area (Å²) in [5, 5.41) is 0. The van der Waals surface area contributed by atoms with Gasteiger partial charge in [-0.3, -0.25) is 0 Å². The summed E-state index contributed by atoms with van der Waals surface area (Å²) < 4.78 is 27.6. The number of hydrogen-bond acceptors (Lipinski definition) is 4. The lowest BCUT2D eigenvalue weighted by Gasteiger charge is -2.22. The highest BCUT2D eigenvalue weighted by molar-refractivity contribution is 7.89. The van der Waals surface area contributed by atoms with E-state index < -0.39 is 10.0 Å². The van der Waals surface area contributed by atoms with Gasteiger partial charge >= 0.3 is 0 Å². The summed E-state index contributed by atoms with van der Waals surface area (Å²) in [5.41, 5.74) is 6.79. The van der Waals surface area contributed by atoms with Crippen molar-refractivity contribution < 1.29 is 8.42 Å². The topological polar surface area (TPSA) is 75.4 Å². The summed E-state index contributed by atoms with van der Waals surface area (Å²) in [7, 11) is -3.56. The number of hydrogen-bond donors (Lipinski definition) is 2. The van der Waals surface area contributed by atoms with Crippen LogP contribution in [0.1, 0.15) is 25.3 Å². The Kier molecular flexibility index (Phi) is 4.67. The molecule has 5 nitrogen and oxygen atoms in total. The van der Waals surface area contributed by atoms with Crippen LogP contribution < -0.4 is 10.5 Å². The summed E-state index contributed by atoms with van der Waals surface area (Å²) in [5.74, 6) is 0. The van der Waals surface area contributed by atoms with Gasteiger partial charge in [0.05, 0.1) is 5.69 Å². The van der Waals surface area contributed by atoms with Crippen LogP contribution in [0.5, 0.6) is 0 Å². The van der Waals surface area contributed by atoms with E-state index >= 15 is 0 Å². The molecule has 1 atom stereocenters. The molecule has 6 heteroatoms. The highest BCUT2D eigenvalue weighted by Crippen LogP contribution is 2.22. The van der Waals surface area contributed by atoms with Gasteiger partial charge in [0, 0.05) is 12.6 Å². The number of sulfonamides is 1. The van der Waals surface area contributed by atoms with Crippen LogP contribution >= 0.6 is 0 Å². The highest BCUT2D eigenvalue weighted by atomic mass is 32.2. The predicted molar refractivity (Wildman–Crippen MR) is 81.0 cm³/mol. The van der Waals surface area contributed by atoms with Gasteiger partial charge in [0.1, 0.15) is 4.90 Å². The molecule has 1 unspecified atom stereocenters. The van der Waals surface area contributed by atoms with Gasteiger partial charge < -0.3 is 10.6 Å². The fourth-order valence-corrected chi connectivity index (χ4v) is 4.35.